The zero-order valence-corrected chi connectivity index (χ0v) is 14.2. The number of hydrazine groups is 1. The van der Waals surface area contributed by atoms with Crippen LogP contribution in [0.1, 0.15) is 17.2 Å². The molecule has 0 amide bonds. The van der Waals surface area contributed by atoms with E-state index in [2.05, 4.69) is 58.6 Å². The van der Waals surface area contributed by atoms with E-state index in [1.165, 1.54) is 0 Å². The maximum Gasteiger partial charge on any atom is 0.0740 e. The van der Waals surface area contributed by atoms with E-state index in [4.69, 9.17) is 5.84 Å². The van der Waals surface area contributed by atoms with Crippen LogP contribution in [0.3, 0.4) is 0 Å². The molecule has 2 aromatic rings. The maximum atomic E-state index is 5.67. The molecule has 2 rings (SSSR count). The normalized spacial score (nSPS) is 12.7. The molecular weight excluding hydrogens is 432 g/mol. The molecular formula is C11H9Br3N2S. The molecule has 2 nitrogen and oxygen atoms in total. The van der Waals surface area contributed by atoms with Crippen LogP contribution in [-0.4, -0.2) is 0 Å². The third-order valence-electron chi connectivity index (χ3n) is 2.39. The van der Waals surface area contributed by atoms with Gasteiger partial charge in [-0.05, 0) is 44.6 Å². The molecule has 1 aromatic heterocycles. The number of hydrogen-bond donors (Lipinski definition) is 2. The van der Waals surface area contributed by atoms with E-state index >= 15 is 0 Å². The first-order valence-corrected chi connectivity index (χ1v) is 8.08. The number of nitrogens with two attached hydrogens (primary N) is 1. The lowest BCUT2D eigenvalue weighted by Gasteiger charge is -2.17. The van der Waals surface area contributed by atoms with Gasteiger partial charge in [-0.3, -0.25) is 5.84 Å². The van der Waals surface area contributed by atoms with Gasteiger partial charge in [0.25, 0.3) is 0 Å². The van der Waals surface area contributed by atoms with E-state index in [-0.39, 0.29) is 6.04 Å². The minimum absolute atomic E-state index is 0.0295. The third-order valence-corrected chi connectivity index (χ3v) is 5.33. The van der Waals surface area contributed by atoms with Gasteiger partial charge in [-0.2, -0.15) is 11.3 Å². The summed E-state index contributed by atoms with van der Waals surface area (Å²) in [5, 5.41) is 4.13. The molecule has 1 heterocycles. The van der Waals surface area contributed by atoms with Crippen LogP contribution < -0.4 is 11.3 Å². The molecule has 6 heteroatoms. The lowest BCUT2D eigenvalue weighted by molar-refractivity contribution is 0.634. The first kappa shape index (κ1) is 13.7. The average Bonchev–Trinajstić information content (AvgIpc) is 2.69. The molecule has 1 unspecified atom stereocenters. The molecule has 3 N–H and O–H groups in total. The van der Waals surface area contributed by atoms with Crippen LogP contribution in [0.25, 0.3) is 0 Å². The van der Waals surface area contributed by atoms with Crippen molar-refractivity contribution >= 4 is 59.1 Å². The summed E-state index contributed by atoms with van der Waals surface area (Å²) in [4.78, 5) is 0. The lowest BCUT2D eigenvalue weighted by atomic mass is 10.0. The Morgan fingerprint density at radius 1 is 1.06 bits per heavy atom. The van der Waals surface area contributed by atoms with E-state index in [1.807, 2.05) is 23.6 Å². The number of thiophene rings is 1. The van der Waals surface area contributed by atoms with Crippen molar-refractivity contribution in [1.82, 2.24) is 5.43 Å². The monoisotopic (exact) mass is 438 g/mol. The van der Waals surface area contributed by atoms with Gasteiger partial charge in [0, 0.05) is 18.8 Å². The van der Waals surface area contributed by atoms with Crippen molar-refractivity contribution in [3.63, 3.8) is 0 Å². The fourth-order valence-corrected chi connectivity index (χ4v) is 4.41. The second-order valence-corrected chi connectivity index (χ2v) is 6.81. The van der Waals surface area contributed by atoms with Gasteiger partial charge in [-0.25, -0.2) is 5.43 Å². The Labute approximate surface area is 129 Å². The van der Waals surface area contributed by atoms with Crippen molar-refractivity contribution in [2.45, 2.75) is 6.04 Å². The Morgan fingerprint density at radius 3 is 2.35 bits per heavy atom. The first-order valence-electron chi connectivity index (χ1n) is 4.76. The van der Waals surface area contributed by atoms with Crippen molar-refractivity contribution in [3.05, 3.63) is 53.5 Å². The van der Waals surface area contributed by atoms with Crippen LogP contribution in [0.4, 0.5) is 0 Å². The van der Waals surface area contributed by atoms with Gasteiger partial charge in [-0.1, -0.05) is 37.9 Å². The first-order chi connectivity index (χ1) is 8.13. The SMILES string of the molecule is NNC(c1ccc(Br)cc1Br)c1cscc1Br. The molecule has 1 atom stereocenters. The van der Waals surface area contributed by atoms with Gasteiger partial charge in [0.15, 0.2) is 0 Å². The van der Waals surface area contributed by atoms with E-state index < -0.39 is 0 Å². The van der Waals surface area contributed by atoms with Crippen molar-refractivity contribution in [3.8, 4) is 0 Å². The van der Waals surface area contributed by atoms with Gasteiger partial charge in [0.05, 0.1) is 6.04 Å². The summed E-state index contributed by atoms with van der Waals surface area (Å²) in [6, 6.07) is 6.03. The quantitative estimate of drug-likeness (QED) is 0.541. The van der Waals surface area contributed by atoms with E-state index in [0.29, 0.717) is 0 Å². The van der Waals surface area contributed by atoms with Gasteiger partial charge < -0.3 is 0 Å². The highest BCUT2D eigenvalue weighted by Crippen LogP contribution is 2.35. The summed E-state index contributed by atoms with van der Waals surface area (Å²) in [6.07, 6.45) is 0. The van der Waals surface area contributed by atoms with E-state index in [9.17, 15) is 0 Å². The molecule has 1 aromatic carbocycles. The van der Waals surface area contributed by atoms with Crippen molar-refractivity contribution < 1.29 is 0 Å². The zero-order chi connectivity index (χ0) is 12.4. The molecule has 0 aliphatic rings. The topological polar surface area (TPSA) is 38.0 Å². The van der Waals surface area contributed by atoms with Crippen LogP contribution in [-0.2, 0) is 0 Å². The molecule has 0 aliphatic carbocycles. The minimum Gasteiger partial charge on any atom is -0.271 e. The van der Waals surface area contributed by atoms with Crippen LogP contribution in [0.5, 0.6) is 0 Å². The number of benzene rings is 1. The highest BCUT2D eigenvalue weighted by atomic mass is 79.9. The minimum atomic E-state index is -0.0295. The van der Waals surface area contributed by atoms with Gasteiger partial charge in [0.1, 0.15) is 0 Å². The molecule has 0 saturated heterocycles. The third kappa shape index (κ3) is 3.00. The summed E-state index contributed by atoms with van der Waals surface area (Å²) < 4.78 is 3.13. The average molecular weight is 441 g/mol. The second-order valence-electron chi connectivity index (χ2n) is 3.44. The summed E-state index contributed by atoms with van der Waals surface area (Å²) in [5.41, 5.74) is 5.10. The maximum absolute atomic E-state index is 5.67. The summed E-state index contributed by atoms with van der Waals surface area (Å²) in [7, 11) is 0. The molecule has 90 valence electrons. The van der Waals surface area contributed by atoms with Crippen molar-refractivity contribution in [2.75, 3.05) is 0 Å². The van der Waals surface area contributed by atoms with Crippen molar-refractivity contribution in [1.29, 1.82) is 0 Å². The zero-order valence-electron chi connectivity index (χ0n) is 8.58. The van der Waals surface area contributed by atoms with Gasteiger partial charge in [-0.15, -0.1) is 0 Å². The molecule has 0 fully saturated rings. The molecule has 0 bridgehead atoms. The van der Waals surface area contributed by atoms with E-state index in [1.54, 1.807) is 11.3 Å². The molecule has 0 spiro atoms. The Kier molecular flexibility index (Phi) is 4.80. The molecule has 0 aliphatic heterocycles. The number of rotatable bonds is 3. The van der Waals surface area contributed by atoms with Crippen molar-refractivity contribution in [2.24, 2.45) is 5.84 Å². The Hall–Kier alpha value is 0.280. The summed E-state index contributed by atoms with van der Waals surface area (Å²) in [5.74, 6) is 5.67. The predicted octanol–water partition coefficient (Wildman–Crippen LogP) is 4.59. The second kappa shape index (κ2) is 5.95. The smallest absolute Gasteiger partial charge is 0.0740 e. The number of nitrogens with one attached hydrogen (secondary N) is 1. The summed E-state index contributed by atoms with van der Waals surface area (Å²) >= 11 is 12.2. The molecule has 17 heavy (non-hydrogen) atoms. The fraction of sp³-hybridized carbons (Fsp3) is 0.0909. The Bertz CT molecular complexity index is 527. The standard InChI is InChI=1S/C11H9Br3N2S/c12-6-1-2-7(9(13)3-6)11(16-15)8-4-17-5-10(8)14/h1-5,11,16H,15H2. The number of hydrogen-bond acceptors (Lipinski definition) is 3. The fourth-order valence-electron chi connectivity index (χ4n) is 1.58. The van der Waals surface area contributed by atoms with Gasteiger partial charge in [0.2, 0.25) is 0 Å². The van der Waals surface area contributed by atoms with Crippen LogP contribution in [0, 0.1) is 0 Å². The lowest BCUT2D eigenvalue weighted by Crippen LogP contribution is -2.29. The largest absolute Gasteiger partial charge is 0.271 e. The Morgan fingerprint density at radius 2 is 1.82 bits per heavy atom. The predicted molar refractivity (Wildman–Crippen MR) is 83.0 cm³/mol. The highest BCUT2D eigenvalue weighted by molar-refractivity contribution is 9.11. The van der Waals surface area contributed by atoms with Crippen LogP contribution in [0.2, 0.25) is 0 Å². The van der Waals surface area contributed by atoms with E-state index in [0.717, 1.165) is 24.5 Å². The highest BCUT2D eigenvalue weighted by Gasteiger charge is 2.18. The van der Waals surface area contributed by atoms with Gasteiger partial charge >= 0.3 is 0 Å². The van der Waals surface area contributed by atoms with Crippen LogP contribution in [0.15, 0.2) is 42.4 Å². The Balaban J connectivity index is 2.46. The summed E-state index contributed by atoms with van der Waals surface area (Å²) in [6.45, 7) is 0. The number of halogens is 3. The van der Waals surface area contributed by atoms with Crippen LogP contribution >= 0.6 is 59.1 Å². The molecule has 0 saturated carbocycles. The molecule has 0 radical (unpaired) electrons.